The van der Waals surface area contributed by atoms with Gasteiger partial charge in [0.25, 0.3) is 0 Å². The fourth-order valence-electron chi connectivity index (χ4n) is 2.49. The number of hydrogen-bond donors (Lipinski definition) is 3. The quantitative estimate of drug-likeness (QED) is 0.722. The Kier molecular flexibility index (Phi) is 5.09. The minimum atomic E-state index is -1.11. The largest absolute Gasteiger partial charge is 0.459 e. The molecule has 2 unspecified atom stereocenters. The SMILES string of the molecule is CC(C)(C)OC(=O)Cn1cc(C(O)C(O)CN)c2ccccc21. The van der Waals surface area contributed by atoms with E-state index in [1.807, 2.05) is 45.0 Å². The van der Waals surface area contributed by atoms with Crippen molar-refractivity contribution < 1.29 is 19.7 Å². The normalized spacial score (nSPS) is 14.7. The Labute approximate surface area is 135 Å². The molecule has 2 atom stereocenters. The Balaban J connectivity index is 2.36. The molecule has 126 valence electrons. The number of esters is 1. The van der Waals surface area contributed by atoms with Gasteiger partial charge < -0.3 is 25.3 Å². The van der Waals surface area contributed by atoms with Crippen LogP contribution in [0.5, 0.6) is 0 Å². The maximum Gasteiger partial charge on any atom is 0.326 e. The lowest BCUT2D eigenvalue weighted by atomic mass is 10.0. The minimum absolute atomic E-state index is 0.0310. The molecule has 0 aliphatic rings. The molecule has 4 N–H and O–H groups in total. The zero-order valence-corrected chi connectivity index (χ0v) is 13.7. The topological polar surface area (TPSA) is 97.7 Å². The van der Waals surface area contributed by atoms with E-state index in [4.69, 9.17) is 10.5 Å². The van der Waals surface area contributed by atoms with Crippen molar-refractivity contribution in [3.8, 4) is 0 Å². The third kappa shape index (κ3) is 4.10. The number of nitrogens with two attached hydrogens (primary N) is 1. The highest BCUT2D eigenvalue weighted by Crippen LogP contribution is 2.28. The maximum atomic E-state index is 12.1. The van der Waals surface area contributed by atoms with Crippen molar-refractivity contribution in [2.45, 2.75) is 45.1 Å². The predicted octanol–water partition coefficient (Wildman–Crippen LogP) is 1.34. The molecule has 0 fully saturated rings. The van der Waals surface area contributed by atoms with Crippen LogP contribution in [0.15, 0.2) is 30.5 Å². The van der Waals surface area contributed by atoms with Crippen LogP contribution >= 0.6 is 0 Å². The summed E-state index contributed by atoms with van der Waals surface area (Å²) in [5, 5.41) is 20.8. The molecule has 0 aliphatic carbocycles. The summed E-state index contributed by atoms with van der Waals surface area (Å²) in [6, 6.07) is 7.38. The van der Waals surface area contributed by atoms with Gasteiger partial charge in [-0.05, 0) is 26.8 Å². The van der Waals surface area contributed by atoms with E-state index in [9.17, 15) is 15.0 Å². The van der Waals surface area contributed by atoms with E-state index in [-0.39, 0.29) is 19.1 Å². The van der Waals surface area contributed by atoms with Crippen LogP contribution < -0.4 is 5.73 Å². The molecule has 6 nitrogen and oxygen atoms in total. The number of ether oxygens (including phenoxy) is 1. The van der Waals surface area contributed by atoms with Gasteiger partial charge in [-0.1, -0.05) is 18.2 Å². The summed E-state index contributed by atoms with van der Waals surface area (Å²) < 4.78 is 7.05. The lowest BCUT2D eigenvalue weighted by Crippen LogP contribution is -2.27. The molecule has 0 saturated heterocycles. The molecular weight excluding hydrogens is 296 g/mol. The first kappa shape index (κ1) is 17.5. The minimum Gasteiger partial charge on any atom is -0.459 e. The fourth-order valence-corrected chi connectivity index (χ4v) is 2.49. The number of aliphatic hydroxyl groups is 2. The molecule has 1 aromatic carbocycles. The number of rotatable bonds is 5. The van der Waals surface area contributed by atoms with Gasteiger partial charge in [0.15, 0.2) is 0 Å². The summed E-state index contributed by atoms with van der Waals surface area (Å²) in [6.07, 6.45) is -0.501. The number of nitrogens with zero attached hydrogens (tertiary/aromatic N) is 1. The van der Waals surface area contributed by atoms with Crippen LogP contribution in [0.2, 0.25) is 0 Å². The predicted molar refractivity (Wildman–Crippen MR) is 87.8 cm³/mol. The van der Waals surface area contributed by atoms with Crippen LogP contribution in [-0.2, 0) is 16.1 Å². The maximum absolute atomic E-state index is 12.1. The van der Waals surface area contributed by atoms with Gasteiger partial charge in [0.1, 0.15) is 18.2 Å². The Hall–Kier alpha value is -1.89. The average molecular weight is 320 g/mol. The summed E-state index contributed by atoms with van der Waals surface area (Å²) in [4.78, 5) is 12.1. The highest BCUT2D eigenvalue weighted by Gasteiger charge is 2.23. The molecule has 0 bridgehead atoms. The summed E-state index contributed by atoms with van der Waals surface area (Å²) >= 11 is 0. The third-order valence-corrected chi connectivity index (χ3v) is 3.46. The fraction of sp³-hybridized carbons (Fsp3) is 0.471. The second-order valence-corrected chi connectivity index (χ2v) is 6.56. The van der Waals surface area contributed by atoms with E-state index in [0.29, 0.717) is 5.56 Å². The molecule has 2 aromatic rings. The van der Waals surface area contributed by atoms with E-state index in [0.717, 1.165) is 10.9 Å². The molecular formula is C17H24N2O4. The van der Waals surface area contributed by atoms with Crippen LogP contribution in [0.25, 0.3) is 10.9 Å². The number of aromatic nitrogens is 1. The van der Waals surface area contributed by atoms with Gasteiger partial charge in [-0.15, -0.1) is 0 Å². The van der Waals surface area contributed by atoms with Gasteiger partial charge in [0.2, 0.25) is 0 Å². The molecule has 2 rings (SSSR count). The number of para-hydroxylation sites is 1. The smallest absolute Gasteiger partial charge is 0.326 e. The van der Waals surface area contributed by atoms with Crippen molar-refractivity contribution in [1.29, 1.82) is 0 Å². The highest BCUT2D eigenvalue weighted by atomic mass is 16.6. The van der Waals surface area contributed by atoms with Gasteiger partial charge in [0, 0.05) is 29.2 Å². The summed E-state index contributed by atoms with van der Waals surface area (Å²) in [7, 11) is 0. The number of hydrogen-bond acceptors (Lipinski definition) is 5. The first-order valence-electron chi connectivity index (χ1n) is 7.58. The van der Waals surface area contributed by atoms with Gasteiger partial charge in [-0.3, -0.25) is 4.79 Å². The molecule has 6 heteroatoms. The number of carbonyl (C=O) groups is 1. The lowest BCUT2D eigenvalue weighted by Gasteiger charge is -2.19. The summed E-state index contributed by atoms with van der Waals surface area (Å²) in [5.41, 5.74) is 6.20. The van der Waals surface area contributed by atoms with Crippen molar-refractivity contribution in [2.24, 2.45) is 5.73 Å². The van der Waals surface area contributed by atoms with E-state index >= 15 is 0 Å². The molecule has 0 spiro atoms. The van der Waals surface area contributed by atoms with Crippen molar-refractivity contribution in [2.75, 3.05) is 6.54 Å². The zero-order chi connectivity index (χ0) is 17.2. The Morgan fingerprint density at radius 3 is 2.57 bits per heavy atom. The first-order chi connectivity index (χ1) is 10.7. The van der Waals surface area contributed by atoms with Crippen molar-refractivity contribution in [3.63, 3.8) is 0 Å². The number of benzene rings is 1. The van der Waals surface area contributed by atoms with Crippen LogP contribution in [0.4, 0.5) is 0 Å². The Morgan fingerprint density at radius 1 is 1.30 bits per heavy atom. The molecule has 0 saturated carbocycles. The Morgan fingerprint density at radius 2 is 1.96 bits per heavy atom. The number of carbonyl (C=O) groups excluding carboxylic acids is 1. The first-order valence-corrected chi connectivity index (χ1v) is 7.58. The van der Waals surface area contributed by atoms with Gasteiger partial charge in [-0.2, -0.15) is 0 Å². The van der Waals surface area contributed by atoms with E-state index < -0.39 is 17.8 Å². The highest BCUT2D eigenvalue weighted by molar-refractivity contribution is 5.85. The summed E-state index contributed by atoms with van der Waals surface area (Å²) in [5.74, 6) is -0.362. The number of fused-ring (bicyclic) bond motifs is 1. The molecule has 1 heterocycles. The molecule has 0 radical (unpaired) electrons. The standard InChI is InChI=1S/C17H24N2O4/c1-17(2,3)23-15(21)10-19-9-12(16(22)14(20)8-18)11-6-4-5-7-13(11)19/h4-7,9,14,16,20,22H,8,10,18H2,1-3H3. The van der Waals surface area contributed by atoms with Gasteiger partial charge >= 0.3 is 5.97 Å². The van der Waals surface area contributed by atoms with Crippen LogP contribution in [0, 0.1) is 0 Å². The number of aliphatic hydroxyl groups excluding tert-OH is 2. The lowest BCUT2D eigenvalue weighted by molar-refractivity contribution is -0.155. The van der Waals surface area contributed by atoms with Crippen molar-refractivity contribution in [3.05, 3.63) is 36.0 Å². The van der Waals surface area contributed by atoms with E-state index in [2.05, 4.69) is 0 Å². The third-order valence-electron chi connectivity index (χ3n) is 3.46. The zero-order valence-electron chi connectivity index (χ0n) is 13.7. The van der Waals surface area contributed by atoms with Crippen LogP contribution in [0.1, 0.15) is 32.4 Å². The molecule has 1 aromatic heterocycles. The van der Waals surface area contributed by atoms with Gasteiger partial charge in [-0.25, -0.2) is 0 Å². The van der Waals surface area contributed by atoms with E-state index in [1.165, 1.54) is 0 Å². The van der Waals surface area contributed by atoms with E-state index in [1.54, 1.807) is 10.8 Å². The molecule has 0 amide bonds. The van der Waals surface area contributed by atoms with Crippen molar-refractivity contribution in [1.82, 2.24) is 4.57 Å². The average Bonchev–Trinajstić information content (AvgIpc) is 2.82. The Bertz CT molecular complexity index is 687. The van der Waals surface area contributed by atoms with Crippen LogP contribution in [-0.4, -0.2) is 39.0 Å². The second kappa shape index (κ2) is 6.70. The molecule has 0 aliphatic heterocycles. The van der Waals surface area contributed by atoms with Gasteiger partial charge in [0.05, 0.1) is 6.10 Å². The summed E-state index contributed by atoms with van der Waals surface area (Å²) in [6.45, 7) is 5.42. The van der Waals surface area contributed by atoms with Crippen molar-refractivity contribution >= 4 is 16.9 Å². The monoisotopic (exact) mass is 320 g/mol. The second-order valence-electron chi connectivity index (χ2n) is 6.56. The molecule has 23 heavy (non-hydrogen) atoms. The van der Waals surface area contributed by atoms with Crippen LogP contribution in [0.3, 0.4) is 0 Å².